The largest absolute Gasteiger partial charge is 0.390 e. The van der Waals surface area contributed by atoms with E-state index in [2.05, 4.69) is 30.5 Å². The summed E-state index contributed by atoms with van der Waals surface area (Å²) in [6, 6.07) is 8.43. The van der Waals surface area contributed by atoms with Crippen LogP contribution in [-0.4, -0.2) is 34.8 Å². The summed E-state index contributed by atoms with van der Waals surface area (Å²) in [6.07, 6.45) is 4.75. The van der Waals surface area contributed by atoms with Gasteiger partial charge in [0.25, 0.3) is 0 Å². The van der Waals surface area contributed by atoms with Crippen molar-refractivity contribution in [1.82, 2.24) is 29.7 Å². The number of aliphatic hydroxyl groups is 1. The molecule has 0 aliphatic heterocycles. The molecule has 4 aromatic heterocycles. The van der Waals surface area contributed by atoms with Crippen LogP contribution in [-0.2, 0) is 6.61 Å². The van der Waals surface area contributed by atoms with Gasteiger partial charge in [0.05, 0.1) is 53.6 Å². The number of aromatic nitrogens is 6. The Kier molecular flexibility index (Phi) is 5.68. The van der Waals surface area contributed by atoms with Crippen molar-refractivity contribution in [2.45, 2.75) is 33.4 Å². The minimum atomic E-state index is -0.375. The van der Waals surface area contributed by atoms with Gasteiger partial charge in [-0.3, -0.25) is 4.98 Å². The van der Waals surface area contributed by atoms with Crippen molar-refractivity contribution >= 4 is 5.82 Å². The summed E-state index contributed by atoms with van der Waals surface area (Å²) in [5.74, 6) is 0.232. The van der Waals surface area contributed by atoms with E-state index in [9.17, 15) is 9.50 Å². The van der Waals surface area contributed by atoms with E-state index >= 15 is 0 Å². The molecule has 0 bridgehead atoms. The Bertz CT molecular complexity index is 1210. The van der Waals surface area contributed by atoms with E-state index in [4.69, 9.17) is 0 Å². The molecule has 4 aromatic rings. The second kappa shape index (κ2) is 8.57. The average Bonchev–Trinajstić information content (AvgIpc) is 3.21. The third kappa shape index (κ3) is 4.41. The number of hydrogen-bond acceptors (Lipinski definition) is 7. The summed E-state index contributed by atoms with van der Waals surface area (Å²) >= 11 is 0. The Hall–Kier alpha value is -3.72. The zero-order chi connectivity index (χ0) is 22.0. The van der Waals surface area contributed by atoms with Gasteiger partial charge in [-0.25, -0.2) is 14.4 Å². The van der Waals surface area contributed by atoms with Crippen molar-refractivity contribution in [3.05, 3.63) is 77.5 Å². The molecule has 0 aliphatic rings. The highest BCUT2D eigenvalue weighted by Gasteiger charge is 2.14. The van der Waals surface area contributed by atoms with Gasteiger partial charge in [0.2, 0.25) is 0 Å². The molecule has 4 heterocycles. The van der Waals surface area contributed by atoms with Gasteiger partial charge in [0.1, 0.15) is 11.5 Å². The van der Waals surface area contributed by atoms with Crippen LogP contribution in [0.25, 0.3) is 17.1 Å². The zero-order valence-electron chi connectivity index (χ0n) is 17.4. The Balaban J connectivity index is 1.58. The maximum absolute atomic E-state index is 13.1. The summed E-state index contributed by atoms with van der Waals surface area (Å²) in [7, 11) is 0. The van der Waals surface area contributed by atoms with Crippen LogP contribution in [0.5, 0.6) is 0 Å². The quantitative estimate of drug-likeness (QED) is 0.493. The first-order chi connectivity index (χ1) is 14.9. The molecule has 0 saturated heterocycles. The van der Waals surface area contributed by atoms with E-state index in [1.165, 1.54) is 12.3 Å². The van der Waals surface area contributed by atoms with Crippen LogP contribution in [0.2, 0.25) is 0 Å². The van der Waals surface area contributed by atoms with Gasteiger partial charge in [0, 0.05) is 6.20 Å². The molecular formula is C22H22FN7O. The normalized spacial score (nSPS) is 12.0. The van der Waals surface area contributed by atoms with Gasteiger partial charge in [-0.05, 0) is 56.7 Å². The van der Waals surface area contributed by atoms with Crippen molar-refractivity contribution in [3.8, 4) is 17.1 Å². The lowest BCUT2D eigenvalue weighted by Crippen LogP contribution is -2.11. The second-order valence-electron chi connectivity index (χ2n) is 7.27. The predicted molar refractivity (Wildman–Crippen MR) is 114 cm³/mol. The summed E-state index contributed by atoms with van der Waals surface area (Å²) in [6.45, 7) is 5.52. The fourth-order valence-electron chi connectivity index (χ4n) is 3.22. The van der Waals surface area contributed by atoms with Gasteiger partial charge in [-0.15, -0.1) is 10.2 Å². The molecule has 0 unspecified atom stereocenters. The van der Waals surface area contributed by atoms with Gasteiger partial charge in [-0.1, -0.05) is 0 Å². The van der Waals surface area contributed by atoms with Crippen molar-refractivity contribution in [1.29, 1.82) is 0 Å². The molecular weight excluding hydrogens is 397 g/mol. The van der Waals surface area contributed by atoms with Crippen molar-refractivity contribution in [3.63, 3.8) is 0 Å². The monoisotopic (exact) mass is 419 g/mol. The highest BCUT2D eigenvalue weighted by Crippen LogP contribution is 2.24. The molecule has 8 nitrogen and oxygen atoms in total. The molecule has 31 heavy (non-hydrogen) atoms. The van der Waals surface area contributed by atoms with Crippen LogP contribution in [0, 0.1) is 19.7 Å². The number of aryl methyl sites for hydroxylation is 2. The Morgan fingerprint density at radius 3 is 2.58 bits per heavy atom. The van der Waals surface area contributed by atoms with Crippen LogP contribution in [0.1, 0.15) is 35.6 Å². The van der Waals surface area contributed by atoms with E-state index in [1.54, 1.807) is 12.4 Å². The average molecular weight is 419 g/mol. The van der Waals surface area contributed by atoms with Crippen molar-refractivity contribution in [2.75, 3.05) is 5.32 Å². The molecule has 158 valence electrons. The minimum Gasteiger partial charge on any atom is -0.390 e. The van der Waals surface area contributed by atoms with Crippen LogP contribution in [0.15, 0.2) is 49.1 Å². The fourth-order valence-corrected chi connectivity index (χ4v) is 3.22. The van der Waals surface area contributed by atoms with Crippen molar-refractivity contribution < 1.29 is 9.50 Å². The standard InChI is InChI=1S/C22H22FN7O/c1-13-8-19(28-29-22(13)26-15(3)17-5-4-16(23)9-24-17)18-6-7-21(20(11-31)27-18)30-10-14(2)25-12-30/h4-10,12,15,31H,11H2,1-3H3,(H,26,29)/t15-/m0/s1. The highest BCUT2D eigenvalue weighted by molar-refractivity contribution is 5.60. The SMILES string of the molecule is Cc1cn(-c2ccc(-c3cc(C)c(N[C@@H](C)c4ccc(F)cn4)nn3)nc2CO)cn1. The van der Waals surface area contributed by atoms with Gasteiger partial charge in [0.15, 0.2) is 5.82 Å². The fraction of sp³-hybridized carbons (Fsp3) is 0.227. The lowest BCUT2D eigenvalue weighted by atomic mass is 10.1. The number of nitrogens with zero attached hydrogens (tertiary/aromatic N) is 6. The lowest BCUT2D eigenvalue weighted by molar-refractivity contribution is 0.276. The molecule has 0 aromatic carbocycles. The molecule has 0 amide bonds. The van der Waals surface area contributed by atoms with Crippen LogP contribution < -0.4 is 5.32 Å². The Labute approximate surface area is 178 Å². The molecule has 4 rings (SSSR count). The summed E-state index contributed by atoms with van der Waals surface area (Å²) in [4.78, 5) is 12.9. The van der Waals surface area contributed by atoms with Crippen LogP contribution in [0.3, 0.4) is 0 Å². The summed E-state index contributed by atoms with van der Waals surface area (Å²) in [5.41, 5.74) is 4.94. The van der Waals surface area contributed by atoms with E-state index in [1.807, 2.05) is 49.7 Å². The maximum atomic E-state index is 13.1. The number of imidazole rings is 1. The molecule has 0 saturated carbocycles. The van der Waals surface area contributed by atoms with E-state index in [0.717, 1.165) is 16.9 Å². The summed E-state index contributed by atoms with van der Waals surface area (Å²) in [5, 5.41) is 21.7. The molecule has 0 spiro atoms. The van der Waals surface area contributed by atoms with E-state index in [-0.39, 0.29) is 18.5 Å². The smallest absolute Gasteiger partial charge is 0.152 e. The Morgan fingerprint density at radius 1 is 1.10 bits per heavy atom. The molecule has 2 N–H and O–H groups in total. The number of nitrogens with one attached hydrogen (secondary N) is 1. The molecule has 1 atom stereocenters. The first-order valence-electron chi connectivity index (χ1n) is 9.79. The van der Waals surface area contributed by atoms with E-state index < -0.39 is 0 Å². The number of anilines is 1. The number of hydrogen-bond donors (Lipinski definition) is 2. The lowest BCUT2D eigenvalue weighted by Gasteiger charge is -2.16. The van der Waals surface area contributed by atoms with Gasteiger partial charge >= 0.3 is 0 Å². The molecule has 0 aliphatic carbocycles. The Morgan fingerprint density at radius 2 is 1.94 bits per heavy atom. The van der Waals surface area contributed by atoms with Gasteiger partial charge < -0.3 is 15.0 Å². The zero-order valence-corrected chi connectivity index (χ0v) is 17.4. The van der Waals surface area contributed by atoms with Gasteiger partial charge in [-0.2, -0.15) is 0 Å². The number of halogens is 1. The first-order valence-corrected chi connectivity index (χ1v) is 9.79. The summed E-state index contributed by atoms with van der Waals surface area (Å²) < 4.78 is 14.9. The highest BCUT2D eigenvalue weighted by atomic mass is 19.1. The number of rotatable bonds is 6. The molecule has 0 radical (unpaired) electrons. The van der Waals surface area contributed by atoms with E-state index in [0.29, 0.717) is 28.6 Å². The first kappa shape index (κ1) is 20.5. The third-order valence-electron chi connectivity index (χ3n) is 4.88. The maximum Gasteiger partial charge on any atom is 0.152 e. The minimum absolute atomic E-state index is 0.170. The van der Waals surface area contributed by atoms with Crippen molar-refractivity contribution in [2.24, 2.45) is 0 Å². The number of aliphatic hydroxyl groups excluding tert-OH is 1. The predicted octanol–water partition coefficient (Wildman–Crippen LogP) is 3.54. The van der Waals surface area contributed by atoms with Crippen LogP contribution in [0.4, 0.5) is 10.2 Å². The van der Waals surface area contributed by atoms with Crippen LogP contribution >= 0.6 is 0 Å². The second-order valence-corrected chi connectivity index (χ2v) is 7.27. The third-order valence-corrected chi connectivity index (χ3v) is 4.88. The molecule has 9 heteroatoms. The molecule has 0 fully saturated rings. The number of pyridine rings is 2. The topological polar surface area (TPSA) is 102 Å².